The van der Waals surface area contributed by atoms with Gasteiger partial charge in [-0.1, -0.05) is 55.5 Å². The van der Waals surface area contributed by atoms with Crippen molar-refractivity contribution in [2.45, 2.75) is 33.0 Å². The fraction of sp³-hybridized carbons (Fsp3) is 0.214. The number of hydrogen-bond acceptors (Lipinski definition) is 7. The quantitative estimate of drug-likeness (QED) is 0.201. The molecule has 190 valence electrons. The number of nitrogens with one attached hydrogen (secondary N) is 1. The lowest BCUT2D eigenvalue weighted by atomic mass is 10.1. The standard InChI is InChI=1S/C28H29N5O3S/c1-2-13-32(28-31-26(19-37-28)24-7-4-8-25(15-24)33(35)36)18-20-9-11-23(12-10-20)27(34)30-17-22-6-3-5-21(14-22)16-29/h3-12,14-15,19H,2,13,16-18,29H2,1H3,(H,30,34). The van der Waals surface area contributed by atoms with E-state index in [2.05, 4.69) is 17.1 Å². The molecule has 1 aromatic heterocycles. The van der Waals surface area contributed by atoms with E-state index in [1.54, 1.807) is 12.1 Å². The molecule has 0 aliphatic rings. The summed E-state index contributed by atoms with van der Waals surface area (Å²) in [6.45, 7) is 4.47. The minimum atomic E-state index is -0.399. The average molecular weight is 516 g/mol. The number of nitrogens with two attached hydrogens (primary N) is 1. The number of carbonyl (C=O) groups is 1. The molecule has 0 saturated heterocycles. The van der Waals surface area contributed by atoms with Crippen molar-refractivity contribution < 1.29 is 9.72 Å². The van der Waals surface area contributed by atoms with E-state index in [0.29, 0.717) is 30.9 Å². The van der Waals surface area contributed by atoms with E-state index < -0.39 is 4.92 Å². The normalized spacial score (nSPS) is 10.8. The molecule has 0 spiro atoms. The zero-order valence-corrected chi connectivity index (χ0v) is 21.4. The first-order valence-electron chi connectivity index (χ1n) is 12.1. The van der Waals surface area contributed by atoms with Gasteiger partial charge in [0.2, 0.25) is 0 Å². The van der Waals surface area contributed by atoms with E-state index in [-0.39, 0.29) is 11.6 Å². The third kappa shape index (κ3) is 6.78. The number of aromatic nitrogens is 1. The molecule has 0 bridgehead atoms. The molecule has 0 atom stereocenters. The second-order valence-corrected chi connectivity index (χ2v) is 9.48. The van der Waals surface area contributed by atoms with Gasteiger partial charge in [0.25, 0.3) is 11.6 Å². The Hall–Kier alpha value is -4.08. The molecular formula is C28H29N5O3S. The Kier molecular flexibility index (Phi) is 8.60. The summed E-state index contributed by atoms with van der Waals surface area (Å²) in [6, 6.07) is 22.0. The van der Waals surface area contributed by atoms with Crippen LogP contribution in [0.2, 0.25) is 0 Å². The largest absolute Gasteiger partial charge is 0.348 e. The molecule has 1 heterocycles. The van der Waals surface area contributed by atoms with Gasteiger partial charge in [-0.3, -0.25) is 14.9 Å². The average Bonchev–Trinajstić information content (AvgIpc) is 3.42. The van der Waals surface area contributed by atoms with Crippen LogP contribution in [0.15, 0.2) is 78.2 Å². The number of nitrogens with zero attached hydrogens (tertiary/aromatic N) is 3. The zero-order chi connectivity index (χ0) is 26.2. The van der Waals surface area contributed by atoms with Gasteiger partial charge in [-0.05, 0) is 35.2 Å². The van der Waals surface area contributed by atoms with Crippen LogP contribution in [0.3, 0.4) is 0 Å². The third-order valence-electron chi connectivity index (χ3n) is 5.88. The second kappa shape index (κ2) is 12.2. The van der Waals surface area contributed by atoms with Gasteiger partial charge < -0.3 is 16.0 Å². The summed E-state index contributed by atoms with van der Waals surface area (Å²) >= 11 is 1.51. The van der Waals surface area contributed by atoms with Crippen molar-refractivity contribution in [3.05, 3.63) is 111 Å². The van der Waals surface area contributed by atoms with E-state index in [9.17, 15) is 14.9 Å². The van der Waals surface area contributed by atoms with Gasteiger partial charge in [0, 0.05) is 54.8 Å². The smallest absolute Gasteiger partial charge is 0.270 e. The molecule has 1 amide bonds. The number of carbonyl (C=O) groups excluding carboxylic acids is 1. The summed E-state index contributed by atoms with van der Waals surface area (Å²) in [5.74, 6) is -0.128. The van der Waals surface area contributed by atoms with Crippen LogP contribution >= 0.6 is 11.3 Å². The lowest BCUT2D eigenvalue weighted by molar-refractivity contribution is -0.384. The van der Waals surface area contributed by atoms with E-state index in [1.165, 1.54) is 17.4 Å². The van der Waals surface area contributed by atoms with E-state index in [0.717, 1.165) is 40.4 Å². The van der Waals surface area contributed by atoms with Gasteiger partial charge in [-0.25, -0.2) is 4.98 Å². The van der Waals surface area contributed by atoms with Gasteiger partial charge in [0.05, 0.1) is 10.6 Å². The Labute approximate surface area is 219 Å². The maximum atomic E-state index is 12.6. The topological polar surface area (TPSA) is 114 Å². The Morgan fingerprint density at radius 1 is 1.05 bits per heavy atom. The second-order valence-electron chi connectivity index (χ2n) is 8.65. The molecule has 9 heteroatoms. The maximum absolute atomic E-state index is 12.6. The molecule has 0 aliphatic carbocycles. The monoisotopic (exact) mass is 515 g/mol. The van der Waals surface area contributed by atoms with Crippen LogP contribution in [-0.2, 0) is 19.6 Å². The van der Waals surface area contributed by atoms with Crippen LogP contribution < -0.4 is 16.0 Å². The van der Waals surface area contributed by atoms with E-state index in [1.807, 2.05) is 60.0 Å². The molecular weight excluding hydrogens is 486 g/mol. The Bertz CT molecular complexity index is 1370. The van der Waals surface area contributed by atoms with E-state index in [4.69, 9.17) is 10.7 Å². The van der Waals surface area contributed by atoms with E-state index >= 15 is 0 Å². The fourth-order valence-corrected chi connectivity index (χ4v) is 4.83. The van der Waals surface area contributed by atoms with Crippen molar-refractivity contribution in [2.24, 2.45) is 5.73 Å². The van der Waals surface area contributed by atoms with Gasteiger partial charge in [-0.2, -0.15) is 0 Å². The summed E-state index contributed by atoms with van der Waals surface area (Å²) in [7, 11) is 0. The summed E-state index contributed by atoms with van der Waals surface area (Å²) in [4.78, 5) is 30.3. The third-order valence-corrected chi connectivity index (χ3v) is 6.78. The number of anilines is 1. The highest BCUT2D eigenvalue weighted by atomic mass is 32.1. The van der Waals surface area contributed by atoms with Crippen LogP contribution in [0.4, 0.5) is 10.8 Å². The number of hydrogen-bond donors (Lipinski definition) is 2. The molecule has 3 N–H and O–H groups in total. The van der Waals surface area contributed by atoms with Gasteiger partial charge in [-0.15, -0.1) is 11.3 Å². The van der Waals surface area contributed by atoms with Crippen LogP contribution in [-0.4, -0.2) is 22.4 Å². The highest BCUT2D eigenvalue weighted by molar-refractivity contribution is 7.14. The molecule has 37 heavy (non-hydrogen) atoms. The van der Waals surface area contributed by atoms with Gasteiger partial charge >= 0.3 is 0 Å². The molecule has 8 nitrogen and oxygen atoms in total. The van der Waals surface area contributed by atoms with Crippen molar-refractivity contribution in [1.82, 2.24) is 10.3 Å². The van der Waals surface area contributed by atoms with Crippen molar-refractivity contribution in [1.29, 1.82) is 0 Å². The van der Waals surface area contributed by atoms with Gasteiger partial charge in [0.1, 0.15) is 0 Å². The number of thiazole rings is 1. The Morgan fingerprint density at radius 2 is 1.81 bits per heavy atom. The number of nitro benzene ring substituents is 1. The maximum Gasteiger partial charge on any atom is 0.270 e. The number of nitro groups is 1. The van der Waals surface area contributed by atoms with Crippen molar-refractivity contribution in [3.8, 4) is 11.3 Å². The molecule has 0 aliphatic heterocycles. The van der Waals surface area contributed by atoms with Crippen molar-refractivity contribution in [2.75, 3.05) is 11.4 Å². The number of amides is 1. The first-order chi connectivity index (χ1) is 18.0. The summed E-state index contributed by atoms with van der Waals surface area (Å²) in [5.41, 5.74) is 10.9. The van der Waals surface area contributed by atoms with Gasteiger partial charge in [0.15, 0.2) is 5.13 Å². The lowest BCUT2D eigenvalue weighted by Crippen LogP contribution is -2.24. The lowest BCUT2D eigenvalue weighted by Gasteiger charge is -2.21. The van der Waals surface area contributed by atoms with Crippen LogP contribution in [0.1, 0.15) is 40.4 Å². The highest BCUT2D eigenvalue weighted by Gasteiger charge is 2.15. The van der Waals surface area contributed by atoms with Crippen LogP contribution in [0.25, 0.3) is 11.3 Å². The minimum absolute atomic E-state index is 0.0469. The molecule has 0 saturated carbocycles. The number of non-ortho nitro benzene ring substituents is 1. The first-order valence-corrected chi connectivity index (χ1v) is 12.9. The number of rotatable bonds is 11. The predicted molar refractivity (Wildman–Crippen MR) is 147 cm³/mol. The Balaban J connectivity index is 1.41. The predicted octanol–water partition coefficient (Wildman–Crippen LogP) is 5.52. The fourth-order valence-electron chi connectivity index (χ4n) is 3.97. The number of benzene rings is 3. The molecule has 4 rings (SSSR count). The molecule has 0 radical (unpaired) electrons. The summed E-state index contributed by atoms with van der Waals surface area (Å²) in [6.07, 6.45) is 0.942. The summed E-state index contributed by atoms with van der Waals surface area (Å²) in [5, 5.41) is 16.9. The molecule has 4 aromatic rings. The summed E-state index contributed by atoms with van der Waals surface area (Å²) < 4.78 is 0. The molecule has 3 aromatic carbocycles. The SMILES string of the molecule is CCCN(Cc1ccc(C(=O)NCc2cccc(CN)c2)cc1)c1nc(-c2cccc([N+](=O)[O-])c2)cs1. The van der Waals surface area contributed by atoms with Crippen molar-refractivity contribution in [3.63, 3.8) is 0 Å². The molecule has 0 unspecified atom stereocenters. The molecule has 0 fully saturated rings. The van der Waals surface area contributed by atoms with Crippen LogP contribution in [0, 0.1) is 10.1 Å². The minimum Gasteiger partial charge on any atom is -0.348 e. The van der Waals surface area contributed by atoms with Crippen LogP contribution in [0.5, 0.6) is 0 Å². The zero-order valence-electron chi connectivity index (χ0n) is 20.6. The Morgan fingerprint density at radius 3 is 2.54 bits per heavy atom. The first kappa shape index (κ1) is 26.0. The highest BCUT2D eigenvalue weighted by Crippen LogP contribution is 2.30. The van der Waals surface area contributed by atoms with Crippen molar-refractivity contribution >= 4 is 28.1 Å².